The van der Waals surface area contributed by atoms with E-state index in [0.717, 1.165) is 50.1 Å². The highest BCUT2D eigenvalue weighted by Crippen LogP contribution is 2.27. The van der Waals surface area contributed by atoms with Gasteiger partial charge in [0.25, 0.3) is 0 Å². The highest BCUT2D eigenvalue weighted by Gasteiger charge is 2.13. The van der Waals surface area contributed by atoms with Crippen LogP contribution in [0.2, 0.25) is 20.1 Å². The van der Waals surface area contributed by atoms with Gasteiger partial charge in [-0.2, -0.15) is 10.2 Å². The summed E-state index contributed by atoms with van der Waals surface area (Å²) in [4.78, 5) is 22.4. The first-order valence-corrected chi connectivity index (χ1v) is 17.0. The van der Waals surface area contributed by atoms with E-state index >= 15 is 0 Å². The molecule has 0 aliphatic heterocycles. The number of carboxylic acids is 1. The zero-order valence-corrected chi connectivity index (χ0v) is 30.4. The predicted octanol–water partition coefficient (Wildman–Crippen LogP) is 10.1. The van der Waals surface area contributed by atoms with Crippen molar-refractivity contribution in [2.75, 3.05) is 6.61 Å². The van der Waals surface area contributed by atoms with Crippen LogP contribution in [-0.2, 0) is 27.4 Å². The maximum Gasteiger partial charge on any atom is 0.330 e. The van der Waals surface area contributed by atoms with E-state index in [4.69, 9.17) is 56.2 Å². The second kappa shape index (κ2) is 16.4. The molecule has 2 aromatic heterocycles. The van der Waals surface area contributed by atoms with Crippen LogP contribution in [0.3, 0.4) is 0 Å². The van der Waals surface area contributed by atoms with Crippen molar-refractivity contribution in [3.05, 3.63) is 139 Å². The maximum absolute atomic E-state index is 11.6. The van der Waals surface area contributed by atoms with Crippen molar-refractivity contribution in [1.29, 1.82) is 0 Å². The third-order valence-corrected chi connectivity index (χ3v) is 8.76. The molecule has 2 heterocycles. The third kappa shape index (κ3) is 9.14. The quantitative estimate of drug-likeness (QED) is 0.117. The minimum absolute atomic E-state index is 0.340. The first kappa shape index (κ1) is 36.7. The predicted molar refractivity (Wildman–Crippen MR) is 202 cm³/mol. The molecule has 0 aliphatic rings. The fourth-order valence-corrected chi connectivity index (χ4v) is 6.15. The monoisotopic (exact) mass is 748 g/mol. The standard InChI is InChI=1S/C20H18Cl2N2O2.C18H14Cl2N2O2/c1-3-26-20(25)9-8-18-16-7-4-13(2)10-19(16)24(23-18)12-14-5-6-15(21)11-17(14)22;1-11-2-5-14-16(6-7-18(23)24)21-22(17(14)8-11)10-12-3-4-13(19)9-15(12)20/h4-11H,3,12H2,1-2H3;2-9H,10H2,1H3,(H,23,24)/b9-8+;7-6+. The molecule has 0 bridgehead atoms. The summed E-state index contributed by atoms with van der Waals surface area (Å²) >= 11 is 24.5. The molecule has 0 fully saturated rings. The number of benzene rings is 4. The van der Waals surface area contributed by atoms with E-state index in [1.165, 1.54) is 12.2 Å². The molecular weight excluding hydrogens is 718 g/mol. The van der Waals surface area contributed by atoms with Crippen LogP contribution >= 0.6 is 46.4 Å². The molecule has 1 N–H and O–H groups in total. The number of aliphatic carboxylic acids is 1. The number of ether oxygens (including phenoxy) is 1. The lowest BCUT2D eigenvalue weighted by Crippen LogP contribution is -2.02. The van der Waals surface area contributed by atoms with Crippen molar-refractivity contribution in [2.45, 2.75) is 33.9 Å². The molecule has 256 valence electrons. The minimum atomic E-state index is -1.01. The van der Waals surface area contributed by atoms with Gasteiger partial charge in [-0.15, -0.1) is 0 Å². The molecular formula is C38H32Cl4N4O4. The van der Waals surface area contributed by atoms with Crippen molar-refractivity contribution in [2.24, 2.45) is 0 Å². The number of halogens is 4. The van der Waals surface area contributed by atoms with Gasteiger partial charge in [0.1, 0.15) is 0 Å². The molecule has 4 aromatic carbocycles. The summed E-state index contributed by atoms with van der Waals surface area (Å²) in [7, 11) is 0. The first-order valence-electron chi connectivity index (χ1n) is 15.5. The van der Waals surface area contributed by atoms with Gasteiger partial charge in [0, 0.05) is 43.0 Å². The summed E-state index contributed by atoms with van der Waals surface area (Å²) in [6, 6.07) is 22.8. The van der Waals surface area contributed by atoms with Gasteiger partial charge in [-0.3, -0.25) is 9.36 Å². The topological polar surface area (TPSA) is 99.2 Å². The molecule has 6 rings (SSSR count). The number of hydrogen-bond donors (Lipinski definition) is 1. The van der Waals surface area contributed by atoms with Crippen molar-refractivity contribution < 1.29 is 19.4 Å². The van der Waals surface area contributed by atoms with E-state index in [2.05, 4.69) is 16.3 Å². The van der Waals surface area contributed by atoms with Crippen LogP contribution in [0.15, 0.2) is 84.9 Å². The molecule has 0 atom stereocenters. The highest BCUT2D eigenvalue weighted by molar-refractivity contribution is 6.35. The van der Waals surface area contributed by atoms with Crippen LogP contribution in [0.4, 0.5) is 0 Å². The van der Waals surface area contributed by atoms with Crippen LogP contribution in [0.25, 0.3) is 34.0 Å². The summed E-state index contributed by atoms with van der Waals surface area (Å²) in [5.41, 5.74) is 7.24. The second-order valence-corrected chi connectivity index (χ2v) is 13.0. The van der Waals surface area contributed by atoms with Crippen molar-refractivity contribution >= 4 is 92.3 Å². The molecule has 0 unspecified atom stereocenters. The van der Waals surface area contributed by atoms with E-state index in [1.807, 2.05) is 65.7 Å². The Morgan fingerprint density at radius 3 is 1.58 bits per heavy atom. The van der Waals surface area contributed by atoms with Crippen molar-refractivity contribution in [3.63, 3.8) is 0 Å². The summed E-state index contributed by atoms with van der Waals surface area (Å²) in [5, 5.41) is 22.2. The van der Waals surface area contributed by atoms with Crippen molar-refractivity contribution in [3.8, 4) is 0 Å². The van der Waals surface area contributed by atoms with Crippen LogP contribution in [0.5, 0.6) is 0 Å². The van der Waals surface area contributed by atoms with E-state index < -0.39 is 5.97 Å². The highest BCUT2D eigenvalue weighted by atomic mass is 35.5. The van der Waals surface area contributed by atoms with Crippen LogP contribution < -0.4 is 0 Å². The minimum Gasteiger partial charge on any atom is -0.478 e. The number of carbonyl (C=O) groups is 2. The molecule has 12 heteroatoms. The molecule has 0 spiro atoms. The Morgan fingerprint density at radius 2 is 1.16 bits per heavy atom. The molecule has 50 heavy (non-hydrogen) atoms. The smallest absolute Gasteiger partial charge is 0.330 e. The number of aromatic nitrogens is 4. The molecule has 0 aliphatic carbocycles. The fraction of sp³-hybridized carbons (Fsp3) is 0.158. The lowest BCUT2D eigenvalue weighted by Gasteiger charge is -2.07. The Balaban J connectivity index is 0.000000195. The average Bonchev–Trinajstić information content (AvgIpc) is 3.58. The van der Waals surface area contributed by atoms with Gasteiger partial charge >= 0.3 is 11.9 Å². The second-order valence-electron chi connectivity index (χ2n) is 11.4. The SMILES string of the molecule is CCOC(=O)/C=C/c1nn(Cc2ccc(Cl)cc2Cl)c2cc(C)ccc12.Cc1ccc2c(/C=C/C(=O)O)nn(Cc3ccc(Cl)cc3Cl)c2c1. The Hall–Kier alpha value is -4.60. The fourth-order valence-electron chi connectivity index (χ4n) is 5.22. The number of rotatable bonds is 9. The zero-order valence-electron chi connectivity index (χ0n) is 27.3. The third-order valence-electron chi connectivity index (χ3n) is 7.59. The molecule has 6 aromatic rings. The number of carboxylic acid groups (broad SMARTS) is 1. The van der Waals surface area contributed by atoms with Crippen LogP contribution in [0, 0.1) is 13.8 Å². The van der Waals surface area contributed by atoms with Gasteiger partial charge in [0.15, 0.2) is 0 Å². The Labute approximate surface area is 309 Å². The molecule has 0 saturated heterocycles. The van der Waals surface area contributed by atoms with E-state index in [1.54, 1.807) is 37.3 Å². The van der Waals surface area contributed by atoms with Gasteiger partial charge < -0.3 is 9.84 Å². The Bertz CT molecular complexity index is 2270. The number of carbonyl (C=O) groups excluding carboxylic acids is 1. The zero-order chi connectivity index (χ0) is 35.9. The van der Waals surface area contributed by atoms with Gasteiger partial charge in [0.2, 0.25) is 0 Å². The number of aryl methyl sites for hydroxylation is 2. The molecule has 0 saturated carbocycles. The molecule has 0 radical (unpaired) electrons. The van der Waals surface area contributed by atoms with E-state index in [9.17, 15) is 9.59 Å². The molecule has 8 nitrogen and oxygen atoms in total. The normalized spacial score (nSPS) is 11.4. The summed E-state index contributed by atoms with van der Waals surface area (Å²) in [5.74, 6) is -1.39. The number of esters is 1. The van der Waals surface area contributed by atoms with E-state index in [0.29, 0.717) is 51.2 Å². The largest absolute Gasteiger partial charge is 0.478 e. The molecule has 0 amide bonds. The summed E-state index contributed by atoms with van der Waals surface area (Å²) < 4.78 is 8.63. The van der Waals surface area contributed by atoms with E-state index in [-0.39, 0.29) is 5.97 Å². The Morgan fingerprint density at radius 1 is 0.700 bits per heavy atom. The summed E-state index contributed by atoms with van der Waals surface area (Å²) in [6.45, 7) is 7.11. The Kier molecular flexibility index (Phi) is 12.0. The maximum atomic E-state index is 11.6. The van der Waals surface area contributed by atoms with Gasteiger partial charge in [-0.05, 0) is 91.6 Å². The van der Waals surface area contributed by atoms with Crippen LogP contribution in [0.1, 0.15) is 40.6 Å². The first-order chi connectivity index (χ1) is 23.9. The van der Waals surface area contributed by atoms with Crippen molar-refractivity contribution in [1.82, 2.24) is 19.6 Å². The number of nitrogens with zero attached hydrogens (tertiary/aromatic N) is 4. The van der Waals surface area contributed by atoms with Gasteiger partial charge in [-0.25, -0.2) is 9.59 Å². The summed E-state index contributed by atoms with van der Waals surface area (Å²) in [6.07, 6.45) is 5.65. The van der Waals surface area contributed by atoms with Gasteiger partial charge in [-0.1, -0.05) is 82.8 Å². The lowest BCUT2D eigenvalue weighted by atomic mass is 10.1. The number of fused-ring (bicyclic) bond motifs is 2. The number of hydrogen-bond acceptors (Lipinski definition) is 5. The lowest BCUT2D eigenvalue weighted by molar-refractivity contribution is -0.137. The van der Waals surface area contributed by atoms with Crippen LogP contribution in [-0.4, -0.2) is 43.2 Å². The average molecular weight is 751 g/mol. The van der Waals surface area contributed by atoms with Gasteiger partial charge in [0.05, 0.1) is 42.1 Å².